The molecular weight excluding hydrogens is 242 g/mol. The zero-order chi connectivity index (χ0) is 13.4. The molecule has 1 aromatic rings. The van der Waals surface area contributed by atoms with Gasteiger partial charge in [-0.15, -0.1) is 0 Å². The molecule has 1 saturated carbocycles. The predicted octanol–water partition coefficient (Wildman–Crippen LogP) is 1.13. The summed E-state index contributed by atoms with van der Waals surface area (Å²) in [6.45, 7) is 3.24. The number of ether oxygens (including phenoxy) is 1. The van der Waals surface area contributed by atoms with Gasteiger partial charge in [0.25, 0.3) is 5.91 Å². The van der Waals surface area contributed by atoms with Gasteiger partial charge in [0.1, 0.15) is 5.75 Å². The Balaban J connectivity index is 1.79. The van der Waals surface area contributed by atoms with E-state index in [1.807, 2.05) is 6.07 Å². The summed E-state index contributed by atoms with van der Waals surface area (Å²) in [5.41, 5.74) is 7.22. The number of nitrogens with zero attached hydrogens (tertiary/aromatic N) is 1. The van der Waals surface area contributed by atoms with Crippen LogP contribution < -0.4 is 20.7 Å². The van der Waals surface area contributed by atoms with Crippen LogP contribution in [0.4, 0.5) is 11.4 Å². The summed E-state index contributed by atoms with van der Waals surface area (Å²) >= 11 is 0. The van der Waals surface area contributed by atoms with E-state index in [1.54, 1.807) is 24.0 Å². The Labute approximate surface area is 112 Å². The fourth-order valence-electron chi connectivity index (χ4n) is 2.32. The Hall–Kier alpha value is -1.75. The molecule has 3 N–H and O–H groups in total. The average molecular weight is 261 g/mol. The number of amides is 1. The normalized spacial score (nSPS) is 22.1. The number of nitrogens with one attached hydrogen (secondary N) is 1. The van der Waals surface area contributed by atoms with Crippen molar-refractivity contribution in [2.75, 3.05) is 23.7 Å². The molecule has 1 aliphatic carbocycles. The molecule has 1 amide bonds. The van der Waals surface area contributed by atoms with Crippen molar-refractivity contribution in [2.24, 2.45) is 0 Å². The van der Waals surface area contributed by atoms with Crippen LogP contribution in [0.25, 0.3) is 0 Å². The molecule has 0 aromatic heterocycles. The largest absolute Gasteiger partial charge is 0.479 e. The van der Waals surface area contributed by atoms with Gasteiger partial charge in [-0.25, -0.2) is 0 Å². The van der Waals surface area contributed by atoms with Gasteiger partial charge in [0.15, 0.2) is 6.10 Å². The topological polar surface area (TPSA) is 67.6 Å². The minimum atomic E-state index is -0.433. The molecule has 2 aliphatic rings. The van der Waals surface area contributed by atoms with Crippen molar-refractivity contribution in [1.29, 1.82) is 0 Å². The Morgan fingerprint density at radius 2 is 2.26 bits per heavy atom. The highest BCUT2D eigenvalue weighted by atomic mass is 16.5. The van der Waals surface area contributed by atoms with Crippen LogP contribution in [0, 0.1) is 0 Å². The predicted molar refractivity (Wildman–Crippen MR) is 74.3 cm³/mol. The first-order valence-electron chi connectivity index (χ1n) is 6.76. The molecule has 1 aliphatic heterocycles. The van der Waals surface area contributed by atoms with Crippen LogP contribution in [0.15, 0.2) is 18.2 Å². The highest BCUT2D eigenvalue weighted by molar-refractivity contribution is 6.00. The molecule has 19 heavy (non-hydrogen) atoms. The molecule has 0 spiro atoms. The standard InChI is InChI=1S/C14H19N3O2/c1-9-14(18)17(7-6-16-11-3-4-11)12-8-10(15)2-5-13(12)19-9/h2,5,8-9,11,16H,3-4,6-7,15H2,1H3. The van der Waals surface area contributed by atoms with Gasteiger partial charge in [0.2, 0.25) is 0 Å². The summed E-state index contributed by atoms with van der Waals surface area (Å²) in [6, 6.07) is 6.07. The Morgan fingerprint density at radius 1 is 1.47 bits per heavy atom. The molecule has 1 atom stereocenters. The lowest BCUT2D eigenvalue weighted by Crippen LogP contribution is -2.47. The van der Waals surface area contributed by atoms with Crippen LogP contribution >= 0.6 is 0 Å². The minimum Gasteiger partial charge on any atom is -0.479 e. The maximum Gasteiger partial charge on any atom is 0.267 e. The van der Waals surface area contributed by atoms with Gasteiger partial charge < -0.3 is 20.7 Å². The van der Waals surface area contributed by atoms with Gasteiger partial charge in [-0.05, 0) is 38.0 Å². The van der Waals surface area contributed by atoms with Crippen LogP contribution in [-0.4, -0.2) is 31.1 Å². The molecule has 1 unspecified atom stereocenters. The van der Waals surface area contributed by atoms with Crippen molar-refractivity contribution in [3.05, 3.63) is 18.2 Å². The first-order valence-corrected chi connectivity index (χ1v) is 6.76. The Kier molecular flexibility index (Phi) is 3.06. The summed E-state index contributed by atoms with van der Waals surface area (Å²) in [7, 11) is 0. The van der Waals surface area contributed by atoms with Gasteiger partial charge in [0.05, 0.1) is 5.69 Å². The summed E-state index contributed by atoms with van der Waals surface area (Å²) in [5.74, 6) is 0.725. The van der Waals surface area contributed by atoms with Gasteiger partial charge in [0, 0.05) is 24.8 Å². The average Bonchev–Trinajstić information content (AvgIpc) is 3.19. The van der Waals surface area contributed by atoms with Crippen LogP contribution in [0.5, 0.6) is 5.75 Å². The number of nitrogens with two attached hydrogens (primary N) is 1. The zero-order valence-electron chi connectivity index (χ0n) is 11.1. The lowest BCUT2D eigenvalue weighted by Gasteiger charge is -2.33. The molecule has 0 saturated heterocycles. The summed E-state index contributed by atoms with van der Waals surface area (Å²) < 4.78 is 5.60. The maximum absolute atomic E-state index is 12.2. The van der Waals surface area contributed by atoms with Crippen LogP contribution in [0.2, 0.25) is 0 Å². The van der Waals surface area contributed by atoms with E-state index in [4.69, 9.17) is 10.5 Å². The number of hydrogen-bond acceptors (Lipinski definition) is 4. The third kappa shape index (κ3) is 2.51. The minimum absolute atomic E-state index is 0.00398. The number of carbonyl (C=O) groups is 1. The van der Waals surface area contributed by atoms with E-state index in [2.05, 4.69) is 5.32 Å². The molecule has 1 aromatic carbocycles. The van der Waals surface area contributed by atoms with E-state index in [0.29, 0.717) is 18.3 Å². The number of anilines is 2. The van der Waals surface area contributed by atoms with E-state index in [9.17, 15) is 4.79 Å². The van der Waals surface area contributed by atoms with Gasteiger partial charge in [-0.2, -0.15) is 0 Å². The third-order valence-corrected chi connectivity index (χ3v) is 3.54. The van der Waals surface area contributed by atoms with Crippen LogP contribution in [0.1, 0.15) is 19.8 Å². The number of benzene rings is 1. The summed E-state index contributed by atoms with van der Waals surface area (Å²) in [4.78, 5) is 14.0. The second-order valence-corrected chi connectivity index (χ2v) is 5.21. The van der Waals surface area contributed by atoms with Gasteiger partial charge in [-0.1, -0.05) is 0 Å². The maximum atomic E-state index is 12.2. The Bertz CT molecular complexity index is 499. The third-order valence-electron chi connectivity index (χ3n) is 3.54. The summed E-state index contributed by atoms with van der Waals surface area (Å²) in [5, 5.41) is 3.42. The smallest absolute Gasteiger partial charge is 0.267 e. The first kappa shape index (κ1) is 12.3. The second-order valence-electron chi connectivity index (χ2n) is 5.21. The van der Waals surface area contributed by atoms with Crippen molar-refractivity contribution < 1.29 is 9.53 Å². The van der Waals surface area contributed by atoms with Gasteiger partial charge >= 0.3 is 0 Å². The van der Waals surface area contributed by atoms with Crippen LogP contribution in [-0.2, 0) is 4.79 Å². The fraction of sp³-hybridized carbons (Fsp3) is 0.500. The number of carbonyl (C=O) groups excluding carboxylic acids is 1. The highest BCUT2D eigenvalue weighted by Crippen LogP contribution is 2.35. The van der Waals surface area contributed by atoms with Crippen molar-refractivity contribution in [3.8, 4) is 5.75 Å². The first-order chi connectivity index (χ1) is 9.15. The van der Waals surface area contributed by atoms with E-state index in [0.717, 1.165) is 18.0 Å². The second kappa shape index (κ2) is 4.74. The SMILES string of the molecule is CC1Oc2ccc(N)cc2N(CCNC2CC2)C1=O. The molecule has 0 radical (unpaired) electrons. The van der Waals surface area contributed by atoms with Crippen molar-refractivity contribution in [3.63, 3.8) is 0 Å². The van der Waals surface area contributed by atoms with Crippen molar-refractivity contribution >= 4 is 17.3 Å². The highest BCUT2D eigenvalue weighted by Gasteiger charge is 2.31. The number of nitrogen functional groups attached to an aromatic ring is 1. The van der Waals surface area contributed by atoms with Crippen LogP contribution in [0.3, 0.4) is 0 Å². The number of fused-ring (bicyclic) bond motifs is 1. The fourth-order valence-corrected chi connectivity index (χ4v) is 2.32. The monoisotopic (exact) mass is 261 g/mol. The molecule has 3 rings (SSSR count). The molecule has 5 nitrogen and oxygen atoms in total. The molecule has 5 heteroatoms. The van der Waals surface area contributed by atoms with E-state index < -0.39 is 6.10 Å². The molecular formula is C14H19N3O2. The lowest BCUT2D eigenvalue weighted by atomic mass is 10.1. The zero-order valence-corrected chi connectivity index (χ0v) is 11.1. The number of hydrogen-bond donors (Lipinski definition) is 2. The number of rotatable bonds is 4. The van der Waals surface area contributed by atoms with E-state index in [1.165, 1.54) is 12.8 Å². The lowest BCUT2D eigenvalue weighted by molar-refractivity contribution is -0.125. The molecule has 102 valence electrons. The molecule has 1 fully saturated rings. The van der Waals surface area contributed by atoms with E-state index in [-0.39, 0.29) is 5.91 Å². The molecule has 0 bridgehead atoms. The Morgan fingerprint density at radius 3 is 3.00 bits per heavy atom. The molecule has 1 heterocycles. The van der Waals surface area contributed by atoms with E-state index >= 15 is 0 Å². The quantitative estimate of drug-likeness (QED) is 0.797. The van der Waals surface area contributed by atoms with Crippen molar-refractivity contribution in [2.45, 2.75) is 31.9 Å². The summed E-state index contributed by atoms with van der Waals surface area (Å²) in [6.07, 6.45) is 2.06. The van der Waals surface area contributed by atoms with Crippen molar-refractivity contribution in [1.82, 2.24) is 5.32 Å². The van der Waals surface area contributed by atoms with Gasteiger partial charge in [-0.3, -0.25) is 4.79 Å².